The Morgan fingerprint density at radius 2 is 1.81 bits per heavy atom. The zero-order valence-corrected chi connectivity index (χ0v) is 14.7. The number of aromatic amines is 1. The van der Waals surface area contributed by atoms with Crippen molar-refractivity contribution in [3.05, 3.63) is 53.9 Å². The maximum atomic E-state index is 13.1. The smallest absolute Gasteiger partial charge is 0.333 e. The molecule has 26 heavy (non-hydrogen) atoms. The molecule has 2 aromatic rings. The molecule has 6 nitrogen and oxygen atoms in total. The van der Waals surface area contributed by atoms with Crippen molar-refractivity contribution in [1.29, 1.82) is 0 Å². The van der Waals surface area contributed by atoms with Crippen LogP contribution in [0.2, 0.25) is 0 Å². The number of H-pyrrole nitrogens is 1. The van der Waals surface area contributed by atoms with Gasteiger partial charge in [-0.15, -0.1) is 3.89 Å². The van der Waals surface area contributed by atoms with Crippen LogP contribution < -0.4 is 0 Å². The van der Waals surface area contributed by atoms with Crippen molar-refractivity contribution in [2.45, 2.75) is 48.3 Å². The SMILES string of the molecule is O=C(c1cc(S(=O)(=O)F)c[nH]1)N1C2CCC1CC(O)(c1ccccc1)C2. The predicted octanol–water partition coefficient (Wildman–Crippen LogP) is 2.33. The number of nitrogens with one attached hydrogen (secondary N) is 1. The molecule has 2 fully saturated rings. The summed E-state index contributed by atoms with van der Waals surface area (Å²) in [4.78, 5) is 16.6. The first-order valence-corrected chi connectivity index (χ1v) is 9.90. The van der Waals surface area contributed by atoms with Crippen LogP contribution in [-0.4, -0.2) is 41.4 Å². The van der Waals surface area contributed by atoms with E-state index < -0.39 is 20.7 Å². The molecule has 2 unspecified atom stereocenters. The number of piperidine rings is 1. The molecule has 0 saturated carbocycles. The molecule has 138 valence electrons. The minimum Gasteiger partial charge on any atom is -0.385 e. The number of amides is 1. The quantitative estimate of drug-likeness (QED) is 0.802. The fraction of sp³-hybridized carbons (Fsp3) is 0.389. The van der Waals surface area contributed by atoms with Gasteiger partial charge in [0.15, 0.2) is 0 Å². The van der Waals surface area contributed by atoms with Gasteiger partial charge in [0.05, 0.1) is 5.60 Å². The van der Waals surface area contributed by atoms with Gasteiger partial charge in [-0.25, -0.2) is 0 Å². The van der Waals surface area contributed by atoms with E-state index in [0.717, 1.165) is 30.7 Å². The zero-order valence-electron chi connectivity index (χ0n) is 13.9. The zero-order chi connectivity index (χ0) is 18.5. The summed E-state index contributed by atoms with van der Waals surface area (Å²) in [5.74, 6) is -0.359. The fourth-order valence-electron chi connectivity index (χ4n) is 4.32. The fourth-order valence-corrected chi connectivity index (χ4v) is 4.78. The van der Waals surface area contributed by atoms with Crippen molar-refractivity contribution in [2.75, 3.05) is 0 Å². The molecule has 0 spiro atoms. The Labute approximate surface area is 150 Å². The predicted molar refractivity (Wildman–Crippen MR) is 91.6 cm³/mol. The highest BCUT2D eigenvalue weighted by Gasteiger charge is 2.50. The normalized spacial score (nSPS) is 28.3. The van der Waals surface area contributed by atoms with E-state index in [2.05, 4.69) is 4.98 Å². The maximum absolute atomic E-state index is 13.1. The number of carbonyl (C=O) groups excluding carboxylic acids is 1. The summed E-state index contributed by atoms with van der Waals surface area (Å²) in [6.45, 7) is 0. The minimum absolute atomic E-state index is 0.0447. The average Bonchev–Trinajstić information content (AvgIpc) is 3.19. The van der Waals surface area contributed by atoms with E-state index in [-0.39, 0.29) is 23.7 Å². The topological polar surface area (TPSA) is 90.5 Å². The number of nitrogens with zero attached hydrogens (tertiary/aromatic N) is 1. The summed E-state index contributed by atoms with van der Waals surface area (Å²) in [5, 5.41) is 11.1. The molecule has 2 aliphatic rings. The third kappa shape index (κ3) is 2.83. The van der Waals surface area contributed by atoms with Gasteiger partial charge in [-0.2, -0.15) is 8.42 Å². The van der Waals surface area contributed by atoms with Gasteiger partial charge in [0.2, 0.25) is 0 Å². The number of aliphatic hydroxyl groups is 1. The number of aromatic nitrogens is 1. The molecule has 1 aromatic heterocycles. The number of rotatable bonds is 3. The number of hydrogen-bond acceptors (Lipinski definition) is 4. The Morgan fingerprint density at radius 3 is 2.35 bits per heavy atom. The van der Waals surface area contributed by atoms with Crippen LogP contribution in [0.5, 0.6) is 0 Å². The minimum atomic E-state index is -4.85. The molecule has 0 radical (unpaired) electrons. The van der Waals surface area contributed by atoms with Crippen molar-refractivity contribution in [3.63, 3.8) is 0 Å². The number of benzene rings is 1. The van der Waals surface area contributed by atoms with Crippen LogP contribution >= 0.6 is 0 Å². The third-order valence-electron chi connectivity index (χ3n) is 5.48. The van der Waals surface area contributed by atoms with E-state index in [1.165, 1.54) is 0 Å². The van der Waals surface area contributed by atoms with E-state index in [1.54, 1.807) is 4.90 Å². The van der Waals surface area contributed by atoms with Crippen molar-refractivity contribution >= 4 is 16.1 Å². The summed E-state index contributed by atoms with van der Waals surface area (Å²) in [7, 11) is -4.85. The molecule has 2 atom stereocenters. The highest BCUT2D eigenvalue weighted by molar-refractivity contribution is 7.86. The molecule has 2 saturated heterocycles. The Bertz CT molecular complexity index is 927. The molecule has 1 aromatic carbocycles. The molecule has 2 aliphatic heterocycles. The molecule has 1 amide bonds. The molecular formula is C18H19FN2O4S. The Kier molecular flexibility index (Phi) is 3.92. The van der Waals surface area contributed by atoms with Gasteiger partial charge in [-0.3, -0.25) is 4.79 Å². The van der Waals surface area contributed by atoms with Crippen molar-refractivity contribution < 1.29 is 22.2 Å². The van der Waals surface area contributed by atoms with E-state index >= 15 is 0 Å². The Hall–Kier alpha value is -2.19. The number of halogens is 1. The van der Waals surface area contributed by atoms with E-state index in [1.807, 2.05) is 30.3 Å². The average molecular weight is 378 g/mol. The first-order chi connectivity index (χ1) is 12.3. The lowest BCUT2D eigenvalue weighted by atomic mass is 9.80. The van der Waals surface area contributed by atoms with Crippen molar-refractivity contribution in [1.82, 2.24) is 9.88 Å². The Balaban J connectivity index is 1.59. The van der Waals surface area contributed by atoms with E-state index in [9.17, 15) is 22.2 Å². The van der Waals surface area contributed by atoms with Gasteiger partial charge in [0.1, 0.15) is 10.6 Å². The molecule has 3 heterocycles. The van der Waals surface area contributed by atoms with Crippen LogP contribution in [0.25, 0.3) is 0 Å². The summed E-state index contributed by atoms with van der Waals surface area (Å²) >= 11 is 0. The standard InChI is InChI=1S/C18H19FN2O4S/c19-26(24,25)15-8-16(20-11-15)17(22)21-13-6-7-14(21)10-18(23,9-13)12-4-2-1-3-5-12/h1-5,8,11,13-14,20,23H,6-7,9-10H2. The van der Waals surface area contributed by atoms with Crippen LogP contribution in [0.3, 0.4) is 0 Å². The van der Waals surface area contributed by atoms with E-state index in [0.29, 0.717) is 12.8 Å². The van der Waals surface area contributed by atoms with Gasteiger partial charge in [-0.05, 0) is 24.5 Å². The molecular weight excluding hydrogens is 359 g/mol. The van der Waals surface area contributed by atoms with Gasteiger partial charge in [0.25, 0.3) is 5.91 Å². The second-order valence-corrected chi connectivity index (χ2v) is 8.44. The monoisotopic (exact) mass is 378 g/mol. The number of fused-ring (bicyclic) bond motifs is 2. The molecule has 4 rings (SSSR count). The lowest BCUT2D eigenvalue weighted by Gasteiger charge is -2.44. The van der Waals surface area contributed by atoms with E-state index in [4.69, 9.17) is 0 Å². The van der Waals surface area contributed by atoms with Crippen LogP contribution in [0.1, 0.15) is 41.7 Å². The molecule has 2 N–H and O–H groups in total. The number of carbonyl (C=O) groups is 1. The largest absolute Gasteiger partial charge is 0.385 e. The Morgan fingerprint density at radius 1 is 1.19 bits per heavy atom. The molecule has 0 aliphatic carbocycles. The van der Waals surface area contributed by atoms with Gasteiger partial charge >= 0.3 is 10.2 Å². The second kappa shape index (κ2) is 5.92. The highest BCUT2D eigenvalue weighted by atomic mass is 32.3. The van der Waals surface area contributed by atoms with Gasteiger partial charge in [0, 0.05) is 31.1 Å². The van der Waals surface area contributed by atoms with Crippen LogP contribution in [0.4, 0.5) is 3.89 Å². The van der Waals surface area contributed by atoms with Gasteiger partial charge < -0.3 is 15.0 Å². The van der Waals surface area contributed by atoms with Crippen LogP contribution in [0.15, 0.2) is 47.5 Å². The summed E-state index contributed by atoms with van der Waals surface area (Å²) in [6.07, 6.45) is 3.39. The summed E-state index contributed by atoms with van der Waals surface area (Å²) in [6, 6.07) is 10.2. The lowest BCUT2D eigenvalue weighted by Crippen LogP contribution is -2.52. The molecule has 2 bridgehead atoms. The lowest BCUT2D eigenvalue weighted by molar-refractivity contribution is -0.0480. The third-order valence-corrected chi connectivity index (χ3v) is 6.28. The maximum Gasteiger partial charge on any atom is 0.333 e. The van der Waals surface area contributed by atoms with Crippen molar-refractivity contribution in [3.8, 4) is 0 Å². The van der Waals surface area contributed by atoms with Crippen LogP contribution in [0, 0.1) is 0 Å². The first kappa shape index (κ1) is 17.2. The first-order valence-electron chi connectivity index (χ1n) is 8.51. The summed E-state index contributed by atoms with van der Waals surface area (Å²) in [5.41, 5.74) is -0.0921. The van der Waals surface area contributed by atoms with Crippen molar-refractivity contribution in [2.24, 2.45) is 0 Å². The highest BCUT2D eigenvalue weighted by Crippen LogP contribution is 2.46. The van der Waals surface area contributed by atoms with Gasteiger partial charge in [-0.1, -0.05) is 30.3 Å². The second-order valence-electron chi connectivity index (χ2n) is 7.09. The summed E-state index contributed by atoms with van der Waals surface area (Å²) < 4.78 is 35.1. The van der Waals surface area contributed by atoms with Crippen LogP contribution in [-0.2, 0) is 15.8 Å². The number of hydrogen-bond donors (Lipinski definition) is 2. The molecule has 8 heteroatoms.